The molecule has 1 N–H and O–H groups in total. The number of aryl methyl sites for hydroxylation is 2. The molecule has 116 valence electrons. The predicted octanol–water partition coefficient (Wildman–Crippen LogP) is 1.95. The summed E-state index contributed by atoms with van der Waals surface area (Å²) in [7, 11) is 6.21. The van der Waals surface area contributed by atoms with Gasteiger partial charge in [-0.05, 0) is 38.6 Å². The highest BCUT2D eigenvalue weighted by Gasteiger charge is 2.15. The van der Waals surface area contributed by atoms with Crippen LogP contribution in [0.25, 0.3) is 11.0 Å². The summed E-state index contributed by atoms with van der Waals surface area (Å²) < 4.78 is 1.84. The first-order chi connectivity index (χ1) is 9.90. The number of hydrogen-bond acceptors (Lipinski definition) is 4. The van der Waals surface area contributed by atoms with Crippen LogP contribution in [0.1, 0.15) is 25.1 Å². The van der Waals surface area contributed by atoms with Crippen molar-refractivity contribution in [3.05, 3.63) is 23.5 Å². The van der Waals surface area contributed by atoms with Crippen LogP contribution >= 0.6 is 0 Å². The molecule has 1 unspecified atom stereocenters. The quantitative estimate of drug-likeness (QED) is 0.883. The third-order valence-corrected chi connectivity index (χ3v) is 4.04. The highest BCUT2D eigenvalue weighted by atomic mass is 15.3. The van der Waals surface area contributed by atoms with Gasteiger partial charge in [-0.1, -0.05) is 13.8 Å². The Balaban J connectivity index is 2.02. The second-order valence-corrected chi connectivity index (χ2v) is 6.33. The summed E-state index contributed by atoms with van der Waals surface area (Å²) >= 11 is 0. The molecule has 0 amide bonds. The molecule has 5 heteroatoms. The summed E-state index contributed by atoms with van der Waals surface area (Å²) in [4.78, 5) is 6.80. The van der Waals surface area contributed by atoms with Crippen molar-refractivity contribution in [3.63, 3.8) is 0 Å². The van der Waals surface area contributed by atoms with Gasteiger partial charge in [-0.3, -0.25) is 4.68 Å². The van der Waals surface area contributed by atoms with Gasteiger partial charge in [0.25, 0.3) is 0 Å². The van der Waals surface area contributed by atoms with E-state index in [-0.39, 0.29) is 0 Å². The van der Waals surface area contributed by atoms with Gasteiger partial charge >= 0.3 is 0 Å². The number of likely N-dealkylation sites (N-methyl/N-ethyl adjacent to an activating group) is 1. The molecule has 0 saturated heterocycles. The molecule has 2 aromatic heterocycles. The fraction of sp³-hybridized carbons (Fsp3) is 0.625. The van der Waals surface area contributed by atoms with Crippen molar-refractivity contribution in [2.45, 2.75) is 33.4 Å². The zero-order valence-corrected chi connectivity index (χ0v) is 14.0. The smallest absolute Gasteiger partial charge is 0.157 e. The lowest BCUT2D eigenvalue weighted by atomic mass is 10.0. The molecule has 0 aliphatic heterocycles. The maximum atomic E-state index is 4.52. The van der Waals surface area contributed by atoms with E-state index in [2.05, 4.69) is 54.3 Å². The van der Waals surface area contributed by atoms with Gasteiger partial charge in [0.2, 0.25) is 0 Å². The molecule has 0 bridgehead atoms. The maximum Gasteiger partial charge on any atom is 0.157 e. The number of pyridine rings is 1. The molecule has 21 heavy (non-hydrogen) atoms. The van der Waals surface area contributed by atoms with Gasteiger partial charge in [0.1, 0.15) is 0 Å². The number of rotatable bonds is 6. The van der Waals surface area contributed by atoms with Crippen LogP contribution in [-0.4, -0.2) is 46.3 Å². The van der Waals surface area contributed by atoms with Gasteiger partial charge in [-0.2, -0.15) is 5.10 Å². The fourth-order valence-electron chi connectivity index (χ4n) is 2.83. The molecule has 0 fully saturated rings. The first-order valence-electron chi connectivity index (χ1n) is 7.55. The minimum Gasteiger partial charge on any atom is -0.311 e. The van der Waals surface area contributed by atoms with Crippen LogP contribution in [0.4, 0.5) is 0 Å². The Morgan fingerprint density at radius 1 is 1.33 bits per heavy atom. The Morgan fingerprint density at radius 2 is 2.05 bits per heavy atom. The molecule has 0 aliphatic rings. The van der Waals surface area contributed by atoms with Crippen molar-refractivity contribution in [1.82, 2.24) is 25.0 Å². The van der Waals surface area contributed by atoms with Gasteiger partial charge in [0.05, 0.1) is 5.69 Å². The molecular weight excluding hydrogens is 262 g/mol. The minimum absolute atomic E-state index is 0.543. The maximum absolute atomic E-state index is 4.52. The molecule has 1 atom stereocenters. The number of nitrogens with one attached hydrogen (secondary N) is 1. The monoisotopic (exact) mass is 289 g/mol. The third-order valence-electron chi connectivity index (χ3n) is 4.04. The van der Waals surface area contributed by atoms with E-state index in [1.165, 1.54) is 5.56 Å². The summed E-state index contributed by atoms with van der Waals surface area (Å²) in [6.07, 6.45) is 1.94. The Labute approximate surface area is 127 Å². The normalized spacial score (nSPS) is 13.5. The van der Waals surface area contributed by atoms with Crippen LogP contribution in [0.3, 0.4) is 0 Å². The highest BCUT2D eigenvalue weighted by molar-refractivity contribution is 5.78. The Hall–Kier alpha value is -1.46. The fourth-order valence-corrected chi connectivity index (χ4v) is 2.83. The van der Waals surface area contributed by atoms with Crippen molar-refractivity contribution in [3.8, 4) is 0 Å². The van der Waals surface area contributed by atoms with Crippen LogP contribution in [0.2, 0.25) is 0 Å². The minimum atomic E-state index is 0.543. The number of fused-ring (bicyclic) bond motifs is 1. The molecule has 0 aromatic carbocycles. The van der Waals surface area contributed by atoms with Crippen molar-refractivity contribution >= 4 is 11.0 Å². The van der Waals surface area contributed by atoms with Gasteiger partial charge in [0, 0.05) is 37.8 Å². The van der Waals surface area contributed by atoms with Crippen LogP contribution in [0.15, 0.2) is 12.3 Å². The molecule has 2 heterocycles. The molecule has 2 rings (SSSR count). The lowest BCUT2D eigenvalue weighted by Crippen LogP contribution is -2.41. The van der Waals surface area contributed by atoms with Crippen LogP contribution < -0.4 is 5.32 Å². The first-order valence-corrected chi connectivity index (χ1v) is 7.55. The molecule has 0 radical (unpaired) electrons. The van der Waals surface area contributed by atoms with Crippen molar-refractivity contribution in [1.29, 1.82) is 0 Å². The topological polar surface area (TPSA) is 46.0 Å². The standard InChI is InChI=1S/C16H27N5/c1-11(2)15(20(4)5)10-17-8-13-7-14-12(3)19-21(6)16(14)18-9-13/h7,9,11,15,17H,8,10H2,1-6H3. The Kier molecular flexibility index (Phi) is 4.96. The van der Waals surface area contributed by atoms with Crippen molar-refractivity contribution < 1.29 is 0 Å². The van der Waals surface area contributed by atoms with Crippen molar-refractivity contribution in [2.24, 2.45) is 13.0 Å². The number of nitrogens with zero attached hydrogens (tertiary/aromatic N) is 4. The molecule has 5 nitrogen and oxygen atoms in total. The van der Waals surface area contributed by atoms with Crippen LogP contribution in [-0.2, 0) is 13.6 Å². The summed E-state index contributed by atoms with van der Waals surface area (Å²) in [5, 5.41) is 9.10. The van der Waals surface area contributed by atoms with E-state index >= 15 is 0 Å². The molecule has 0 spiro atoms. The molecular formula is C16H27N5. The lowest BCUT2D eigenvalue weighted by molar-refractivity contribution is 0.224. The predicted molar refractivity (Wildman–Crippen MR) is 87.3 cm³/mol. The Bertz CT molecular complexity index is 592. The average molecular weight is 289 g/mol. The zero-order valence-electron chi connectivity index (χ0n) is 14.0. The number of aromatic nitrogens is 3. The van der Waals surface area contributed by atoms with Gasteiger partial charge in [0.15, 0.2) is 5.65 Å². The third kappa shape index (κ3) is 3.60. The number of hydrogen-bond donors (Lipinski definition) is 1. The van der Waals surface area contributed by atoms with Gasteiger partial charge in [-0.15, -0.1) is 0 Å². The molecule has 2 aromatic rings. The summed E-state index contributed by atoms with van der Waals surface area (Å²) in [6, 6.07) is 2.74. The van der Waals surface area contributed by atoms with E-state index in [1.54, 1.807) is 0 Å². The van der Waals surface area contributed by atoms with E-state index in [9.17, 15) is 0 Å². The largest absolute Gasteiger partial charge is 0.311 e. The summed E-state index contributed by atoms with van der Waals surface area (Å²) in [5.74, 6) is 0.633. The van der Waals surface area contributed by atoms with Gasteiger partial charge in [-0.25, -0.2) is 4.98 Å². The second kappa shape index (κ2) is 6.54. The average Bonchev–Trinajstić information content (AvgIpc) is 2.69. The van der Waals surface area contributed by atoms with E-state index in [1.807, 2.05) is 24.9 Å². The Morgan fingerprint density at radius 3 is 2.67 bits per heavy atom. The van der Waals surface area contributed by atoms with Crippen molar-refractivity contribution in [2.75, 3.05) is 20.6 Å². The lowest BCUT2D eigenvalue weighted by Gasteiger charge is -2.28. The summed E-state index contributed by atoms with van der Waals surface area (Å²) in [5.41, 5.74) is 3.19. The van der Waals surface area contributed by atoms with Crippen LogP contribution in [0.5, 0.6) is 0 Å². The van der Waals surface area contributed by atoms with E-state index < -0.39 is 0 Å². The first kappa shape index (κ1) is 15.9. The molecule has 0 saturated carbocycles. The highest BCUT2D eigenvalue weighted by Crippen LogP contribution is 2.16. The second-order valence-electron chi connectivity index (χ2n) is 6.33. The van der Waals surface area contributed by atoms with Crippen LogP contribution in [0, 0.1) is 12.8 Å². The molecule has 0 aliphatic carbocycles. The summed E-state index contributed by atoms with van der Waals surface area (Å²) in [6.45, 7) is 8.38. The zero-order chi connectivity index (χ0) is 15.6. The SMILES string of the molecule is Cc1nn(C)c2ncc(CNCC(C(C)C)N(C)C)cc12. The van der Waals surface area contributed by atoms with E-state index in [0.717, 1.165) is 29.8 Å². The van der Waals surface area contributed by atoms with E-state index in [0.29, 0.717) is 12.0 Å². The van der Waals surface area contributed by atoms with Gasteiger partial charge < -0.3 is 10.2 Å². The van der Waals surface area contributed by atoms with E-state index in [4.69, 9.17) is 0 Å².